The van der Waals surface area contributed by atoms with Gasteiger partial charge in [-0.2, -0.15) is 0 Å². The van der Waals surface area contributed by atoms with E-state index in [1.165, 1.54) is 18.9 Å². The third-order valence-corrected chi connectivity index (χ3v) is 5.17. The molecule has 1 saturated heterocycles. The zero-order valence-electron chi connectivity index (χ0n) is 17.0. The Morgan fingerprint density at radius 3 is 2.57 bits per heavy atom. The highest BCUT2D eigenvalue weighted by Crippen LogP contribution is 2.36. The summed E-state index contributed by atoms with van der Waals surface area (Å²) >= 11 is 1.33. The molecule has 8 heteroatoms. The number of amidine groups is 1. The monoisotopic (exact) mass is 425 g/mol. The Morgan fingerprint density at radius 1 is 1.20 bits per heavy atom. The van der Waals surface area contributed by atoms with Crippen molar-refractivity contribution in [3.8, 4) is 11.5 Å². The Bertz CT molecular complexity index is 1000. The average molecular weight is 426 g/mol. The standard InChI is InChI=1S/C22H23N3O4S/c1-14(2)25-21(27)19(30-22(25)24-16-7-5-4-6-8-16)12-15-9-10-17(18(11-15)28-3)29-13-20(23)26/h4-12,14H,13H2,1-3H3,(H2,23,26)/b19-12+,24-22?. The lowest BCUT2D eigenvalue weighted by Gasteiger charge is -2.19. The second kappa shape index (κ2) is 9.49. The molecule has 0 radical (unpaired) electrons. The number of para-hydroxylation sites is 1. The number of rotatable bonds is 7. The van der Waals surface area contributed by atoms with Crippen molar-refractivity contribution in [2.75, 3.05) is 13.7 Å². The van der Waals surface area contributed by atoms with Gasteiger partial charge in [0.1, 0.15) is 0 Å². The second-order valence-electron chi connectivity index (χ2n) is 6.77. The van der Waals surface area contributed by atoms with Gasteiger partial charge in [0.2, 0.25) is 0 Å². The fourth-order valence-corrected chi connectivity index (χ4v) is 3.95. The van der Waals surface area contributed by atoms with Crippen molar-refractivity contribution in [2.24, 2.45) is 10.7 Å². The number of hydrogen-bond acceptors (Lipinski definition) is 6. The molecule has 0 saturated carbocycles. The van der Waals surface area contributed by atoms with Gasteiger partial charge in [0, 0.05) is 6.04 Å². The smallest absolute Gasteiger partial charge is 0.266 e. The normalized spacial score (nSPS) is 16.5. The molecule has 3 rings (SSSR count). The van der Waals surface area contributed by atoms with Crippen LogP contribution in [0.3, 0.4) is 0 Å². The van der Waals surface area contributed by atoms with Gasteiger partial charge in [-0.3, -0.25) is 14.5 Å². The zero-order chi connectivity index (χ0) is 21.7. The summed E-state index contributed by atoms with van der Waals surface area (Å²) in [5, 5.41) is 0.640. The molecule has 0 atom stereocenters. The molecule has 156 valence electrons. The van der Waals surface area contributed by atoms with Crippen LogP contribution in [0.5, 0.6) is 11.5 Å². The molecule has 0 bridgehead atoms. The fourth-order valence-electron chi connectivity index (χ4n) is 2.83. The first kappa shape index (κ1) is 21.4. The van der Waals surface area contributed by atoms with Crippen LogP contribution in [0.4, 0.5) is 5.69 Å². The van der Waals surface area contributed by atoms with E-state index >= 15 is 0 Å². The lowest BCUT2D eigenvalue weighted by atomic mass is 10.1. The largest absolute Gasteiger partial charge is 0.493 e. The molecule has 7 nitrogen and oxygen atoms in total. The molecule has 30 heavy (non-hydrogen) atoms. The predicted octanol–water partition coefficient (Wildman–Crippen LogP) is 3.57. The third-order valence-electron chi connectivity index (χ3n) is 4.19. The summed E-state index contributed by atoms with van der Waals surface area (Å²) in [6.45, 7) is 3.67. The van der Waals surface area contributed by atoms with Crippen molar-refractivity contribution in [2.45, 2.75) is 19.9 Å². The second-order valence-corrected chi connectivity index (χ2v) is 7.78. The van der Waals surface area contributed by atoms with Gasteiger partial charge in [0.25, 0.3) is 11.8 Å². The molecule has 2 aromatic rings. The number of carbonyl (C=O) groups is 2. The predicted molar refractivity (Wildman–Crippen MR) is 119 cm³/mol. The number of hydrogen-bond donors (Lipinski definition) is 1. The van der Waals surface area contributed by atoms with E-state index in [2.05, 4.69) is 4.99 Å². The zero-order valence-corrected chi connectivity index (χ0v) is 17.8. The van der Waals surface area contributed by atoms with Gasteiger partial charge in [-0.05, 0) is 61.5 Å². The van der Waals surface area contributed by atoms with Crippen LogP contribution in [0.1, 0.15) is 19.4 Å². The molecule has 0 aliphatic carbocycles. The number of thioether (sulfide) groups is 1. The van der Waals surface area contributed by atoms with Crippen molar-refractivity contribution in [3.05, 3.63) is 59.0 Å². The maximum Gasteiger partial charge on any atom is 0.266 e. The molecule has 0 spiro atoms. The van der Waals surface area contributed by atoms with Gasteiger partial charge in [-0.25, -0.2) is 4.99 Å². The molecule has 2 amide bonds. The van der Waals surface area contributed by atoms with Gasteiger partial charge in [0.05, 0.1) is 17.7 Å². The summed E-state index contributed by atoms with van der Waals surface area (Å²) in [4.78, 5) is 30.8. The van der Waals surface area contributed by atoms with Gasteiger partial charge in [-0.1, -0.05) is 24.3 Å². The molecular weight excluding hydrogens is 402 g/mol. The minimum Gasteiger partial charge on any atom is -0.493 e. The Labute approximate surface area is 179 Å². The van der Waals surface area contributed by atoms with Gasteiger partial charge < -0.3 is 15.2 Å². The van der Waals surface area contributed by atoms with Crippen molar-refractivity contribution in [1.82, 2.24) is 4.90 Å². The highest BCUT2D eigenvalue weighted by Gasteiger charge is 2.35. The molecular formula is C22H23N3O4S. The van der Waals surface area contributed by atoms with Crippen LogP contribution in [-0.4, -0.2) is 41.6 Å². The molecule has 1 aliphatic heterocycles. The minimum atomic E-state index is -0.574. The van der Waals surface area contributed by atoms with Crippen LogP contribution in [-0.2, 0) is 9.59 Å². The van der Waals surface area contributed by atoms with E-state index in [9.17, 15) is 9.59 Å². The van der Waals surface area contributed by atoms with E-state index < -0.39 is 5.91 Å². The Hall–Kier alpha value is -3.26. The van der Waals surface area contributed by atoms with Crippen LogP contribution in [0.25, 0.3) is 6.08 Å². The highest BCUT2D eigenvalue weighted by molar-refractivity contribution is 8.18. The van der Waals surface area contributed by atoms with E-state index in [0.717, 1.165) is 11.3 Å². The first-order valence-electron chi connectivity index (χ1n) is 9.35. The quantitative estimate of drug-likeness (QED) is 0.685. The molecule has 2 aromatic carbocycles. The summed E-state index contributed by atoms with van der Waals surface area (Å²) < 4.78 is 10.7. The summed E-state index contributed by atoms with van der Waals surface area (Å²) in [7, 11) is 1.50. The molecule has 1 fully saturated rings. The van der Waals surface area contributed by atoms with Crippen LogP contribution in [0, 0.1) is 0 Å². The maximum atomic E-state index is 13.0. The van der Waals surface area contributed by atoms with Gasteiger partial charge in [-0.15, -0.1) is 0 Å². The highest BCUT2D eigenvalue weighted by atomic mass is 32.2. The maximum absolute atomic E-state index is 13.0. The van der Waals surface area contributed by atoms with Crippen molar-refractivity contribution in [3.63, 3.8) is 0 Å². The molecule has 2 N–H and O–H groups in total. The number of nitrogens with zero attached hydrogens (tertiary/aromatic N) is 2. The minimum absolute atomic E-state index is 0.0301. The Kier molecular flexibility index (Phi) is 6.79. The molecule has 1 heterocycles. The number of methoxy groups -OCH3 is 1. The SMILES string of the molecule is COc1cc(/C=C2/SC(=Nc3ccccc3)N(C(C)C)C2=O)ccc1OCC(N)=O. The number of nitrogens with two attached hydrogens (primary N) is 1. The number of primary amides is 1. The summed E-state index contributed by atoms with van der Waals surface area (Å²) in [6.07, 6.45) is 1.79. The molecule has 0 unspecified atom stereocenters. The first-order chi connectivity index (χ1) is 14.4. The van der Waals surface area contributed by atoms with Gasteiger partial charge >= 0.3 is 0 Å². The number of benzene rings is 2. The average Bonchev–Trinajstić information content (AvgIpc) is 3.02. The van der Waals surface area contributed by atoms with Crippen LogP contribution in [0.15, 0.2) is 58.4 Å². The van der Waals surface area contributed by atoms with E-state index in [0.29, 0.717) is 21.6 Å². The summed E-state index contributed by atoms with van der Waals surface area (Å²) in [5.74, 6) is 0.173. The lowest BCUT2D eigenvalue weighted by Crippen LogP contribution is -2.35. The van der Waals surface area contributed by atoms with E-state index in [1.807, 2.05) is 44.2 Å². The number of aliphatic imine (C=N–C) groups is 1. The third kappa shape index (κ3) is 5.01. The lowest BCUT2D eigenvalue weighted by molar-refractivity contribution is -0.123. The Morgan fingerprint density at radius 2 is 1.93 bits per heavy atom. The Balaban J connectivity index is 1.90. The number of ether oxygens (including phenoxy) is 2. The summed E-state index contributed by atoms with van der Waals surface area (Å²) in [6, 6.07) is 14.7. The first-order valence-corrected chi connectivity index (χ1v) is 10.2. The summed E-state index contributed by atoms with van der Waals surface area (Å²) in [5.41, 5.74) is 6.67. The van der Waals surface area contributed by atoms with Crippen LogP contribution >= 0.6 is 11.8 Å². The topological polar surface area (TPSA) is 94.2 Å². The van der Waals surface area contributed by atoms with Gasteiger partial charge in [0.15, 0.2) is 23.3 Å². The van der Waals surface area contributed by atoms with E-state index in [-0.39, 0.29) is 18.6 Å². The van der Waals surface area contributed by atoms with E-state index in [1.54, 1.807) is 29.2 Å². The van der Waals surface area contributed by atoms with Crippen molar-refractivity contribution in [1.29, 1.82) is 0 Å². The van der Waals surface area contributed by atoms with E-state index in [4.69, 9.17) is 15.2 Å². The molecule has 1 aliphatic rings. The van der Waals surface area contributed by atoms with Crippen molar-refractivity contribution >= 4 is 40.5 Å². The number of amides is 2. The van der Waals surface area contributed by atoms with Crippen LogP contribution < -0.4 is 15.2 Å². The molecule has 0 aromatic heterocycles. The fraction of sp³-hybridized carbons (Fsp3) is 0.227. The van der Waals surface area contributed by atoms with Crippen LogP contribution in [0.2, 0.25) is 0 Å². The number of carbonyl (C=O) groups excluding carboxylic acids is 2. The van der Waals surface area contributed by atoms with Crippen molar-refractivity contribution < 1.29 is 19.1 Å².